The van der Waals surface area contributed by atoms with Crippen molar-refractivity contribution >= 4 is 17.5 Å². The van der Waals surface area contributed by atoms with Gasteiger partial charge in [-0.2, -0.15) is 0 Å². The number of halogens is 2. The largest absolute Gasteiger partial charge is 0.352 e. The Kier molecular flexibility index (Phi) is 7.59. The maximum Gasteiger partial charge on any atom is 0.228 e. The molecule has 2 amide bonds. The topological polar surface area (TPSA) is 74.3 Å². The van der Waals surface area contributed by atoms with E-state index in [1.807, 2.05) is 12.1 Å². The van der Waals surface area contributed by atoms with E-state index in [9.17, 15) is 18.4 Å². The smallest absolute Gasteiger partial charge is 0.228 e. The molecular weight excluding hydrogens is 438 g/mol. The average Bonchev–Trinajstić information content (AvgIpc) is 2.84. The minimum Gasteiger partial charge on any atom is -0.352 e. The van der Waals surface area contributed by atoms with Crippen molar-refractivity contribution in [3.8, 4) is 0 Å². The molecule has 1 aliphatic heterocycles. The van der Waals surface area contributed by atoms with Gasteiger partial charge in [0, 0.05) is 44.3 Å². The molecule has 6 nitrogen and oxygen atoms in total. The maximum absolute atomic E-state index is 13.5. The van der Waals surface area contributed by atoms with Crippen LogP contribution in [0.25, 0.3) is 0 Å². The quantitative estimate of drug-likeness (QED) is 0.559. The molecule has 0 unspecified atom stereocenters. The van der Waals surface area contributed by atoms with Gasteiger partial charge in [0.15, 0.2) is 0 Å². The van der Waals surface area contributed by atoms with Crippen LogP contribution in [0.2, 0.25) is 0 Å². The summed E-state index contributed by atoms with van der Waals surface area (Å²) in [6.45, 7) is 1.78. The van der Waals surface area contributed by atoms with Crippen LogP contribution in [0.3, 0.4) is 0 Å². The van der Waals surface area contributed by atoms with Gasteiger partial charge < -0.3 is 10.6 Å². The first kappa shape index (κ1) is 23.5. The normalized spacial score (nSPS) is 18.3. The van der Waals surface area contributed by atoms with Gasteiger partial charge >= 0.3 is 0 Å². The Bertz CT molecular complexity index is 1130. The molecule has 0 radical (unpaired) electrons. The van der Waals surface area contributed by atoms with Crippen LogP contribution in [0.4, 0.5) is 14.5 Å². The zero-order valence-electron chi connectivity index (χ0n) is 18.6. The van der Waals surface area contributed by atoms with Gasteiger partial charge in [-0.3, -0.25) is 19.5 Å². The number of amides is 2. The molecule has 2 N–H and O–H groups in total. The summed E-state index contributed by atoms with van der Waals surface area (Å²) in [5, 5.41) is 5.71. The van der Waals surface area contributed by atoms with E-state index in [0.717, 1.165) is 5.56 Å². The molecule has 8 heteroatoms. The lowest BCUT2D eigenvalue weighted by Crippen LogP contribution is -2.48. The van der Waals surface area contributed by atoms with Crippen molar-refractivity contribution in [3.05, 3.63) is 95.8 Å². The number of carbonyl (C=O) groups is 2. The van der Waals surface area contributed by atoms with Crippen LogP contribution < -0.4 is 10.6 Å². The fraction of sp³-hybridized carbons (Fsp3) is 0.269. The number of rotatable bonds is 7. The van der Waals surface area contributed by atoms with Gasteiger partial charge in [0.1, 0.15) is 11.6 Å². The first-order valence-corrected chi connectivity index (χ1v) is 11.2. The number of hydrogen-bond donors (Lipinski definition) is 2. The van der Waals surface area contributed by atoms with E-state index >= 15 is 0 Å². The first-order chi connectivity index (χ1) is 16.5. The van der Waals surface area contributed by atoms with Crippen molar-refractivity contribution in [1.82, 2.24) is 15.2 Å². The third kappa shape index (κ3) is 6.45. The second-order valence-corrected chi connectivity index (χ2v) is 8.52. The monoisotopic (exact) mass is 464 g/mol. The molecule has 0 saturated carbocycles. The summed E-state index contributed by atoms with van der Waals surface area (Å²) in [5.41, 5.74) is 2.21. The van der Waals surface area contributed by atoms with Crippen LogP contribution in [-0.4, -0.2) is 34.8 Å². The van der Waals surface area contributed by atoms with Gasteiger partial charge in [-0.1, -0.05) is 12.1 Å². The first-order valence-electron chi connectivity index (χ1n) is 11.2. The number of hydrogen-bond acceptors (Lipinski definition) is 4. The fourth-order valence-electron chi connectivity index (χ4n) is 4.20. The summed E-state index contributed by atoms with van der Waals surface area (Å²) in [4.78, 5) is 32.1. The van der Waals surface area contributed by atoms with E-state index in [1.165, 1.54) is 36.4 Å². The maximum atomic E-state index is 13.5. The summed E-state index contributed by atoms with van der Waals surface area (Å²) < 4.78 is 26.7. The van der Waals surface area contributed by atoms with Gasteiger partial charge in [-0.15, -0.1) is 0 Å². The third-order valence-corrected chi connectivity index (χ3v) is 5.89. The number of likely N-dealkylation sites (tertiary alicyclic amines) is 1. The van der Waals surface area contributed by atoms with Crippen LogP contribution in [0.1, 0.15) is 17.5 Å². The molecule has 2 atom stereocenters. The highest BCUT2D eigenvalue weighted by atomic mass is 19.1. The molecule has 2 aromatic carbocycles. The minimum absolute atomic E-state index is 0.178. The number of benzene rings is 2. The summed E-state index contributed by atoms with van der Waals surface area (Å²) in [6.07, 6.45) is 3.80. The number of nitrogens with zero attached hydrogens (tertiary/aromatic N) is 2. The lowest BCUT2D eigenvalue weighted by molar-refractivity contribution is -0.130. The molecule has 0 bridgehead atoms. The number of pyridine rings is 1. The second kappa shape index (κ2) is 11.0. The van der Waals surface area contributed by atoms with Crippen molar-refractivity contribution in [2.45, 2.75) is 19.5 Å². The average molecular weight is 465 g/mol. The Labute approximate surface area is 197 Å². The van der Waals surface area contributed by atoms with Crippen molar-refractivity contribution in [1.29, 1.82) is 0 Å². The third-order valence-electron chi connectivity index (χ3n) is 5.89. The van der Waals surface area contributed by atoms with E-state index in [4.69, 9.17) is 0 Å². The van der Waals surface area contributed by atoms with Crippen molar-refractivity contribution in [2.24, 2.45) is 11.8 Å². The van der Waals surface area contributed by atoms with Gasteiger partial charge in [0.25, 0.3) is 0 Å². The zero-order chi connectivity index (χ0) is 23.9. The van der Waals surface area contributed by atoms with Gasteiger partial charge in [0.05, 0.1) is 11.8 Å². The molecule has 0 aliphatic carbocycles. The van der Waals surface area contributed by atoms with Crippen molar-refractivity contribution < 1.29 is 18.4 Å². The SMILES string of the molecule is O=C(NCc1cccc(F)c1)[C@H]1C[C@@H](C(=O)Nc2ccc(F)cc2)CN(Cc2ccncc2)C1. The Morgan fingerprint density at radius 3 is 2.29 bits per heavy atom. The lowest BCUT2D eigenvalue weighted by atomic mass is 9.87. The van der Waals surface area contributed by atoms with Gasteiger partial charge in [0.2, 0.25) is 11.8 Å². The fourth-order valence-corrected chi connectivity index (χ4v) is 4.20. The van der Waals surface area contributed by atoms with E-state index in [2.05, 4.69) is 20.5 Å². The lowest BCUT2D eigenvalue weighted by Gasteiger charge is -2.36. The summed E-state index contributed by atoms with van der Waals surface area (Å²) >= 11 is 0. The highest BCUT2D eigenvalue weighted by Crippen LogP contribution is 2.25. The summed E-state index contributed by atoms with van der Waals surface area (Å²) in [5.74, 6) is -1.96. The van der Waals surface area contributed by atoms with E-state index in [1.54, 1.807) is 24.5 Å². The zero-order valence-corrected chi connectivity index (χ0v) is 18.6. The molecule has 34 heavy (non-hydrogen) atoms. The molecule has 3 aromatic rings. The Morgan fingerprint density at radius 1 is 0.882 bits per heavy atom. The Balaban J connectivity index is 1.45. The summed E-state index contributed by atoms with van der Waals surface area (Å²) in [6, 6.07) is 15.5. The van der Waals surface area contributed by atoms with E-state index in [0.29, 0.717) is 37.3 Å². The Hall–Kier alpha value is -3.65. The highest BCUT2D eigenvalue weighted by molar-refractivity contribution is 5.93. The van der Waals surface area contributed by atoms with Gasteiger partial charge in [-0.05, 0) is 66.1 Å². The Morgan fingerprint density at radius 2 is 1.59 bits per heavy atom. The van der Waals surface area contributed by atoms with Crippen molar-refractivity contribution in [3.63, 3.8) is 0 Å². The molecule has 1 fully saturated rings. The number of aromatic nitrogens is 1. The van der Waals surface area contributed by atoms with Crippen LogP contribution >= 0.6 is 0 Å². The molecule has 1 aromatic heterocycles. The standard InChI is InChI=1S/C26H26F2N4O2/c27-22-4-6-24(7-5-22)31-26(34)21-13-20(16-32(17-21)15-18-8-10-29-11-9-18)25(33)30-14-19-2-1-3-23(28)12-19/h1-12,20-21H,13-17H2,(H,30,33)(H,31,34)/t20-,21+/m0/s1. The number of nitrogens with one attached hydrogen (secondary N) is 2. The molecule has 0 spiro atoms. The molecule has 4 rings (SSSR count). The highest BCUT2D eigenvalue weighted by Gasteiger charge is 2.35. The number of anilines is 1. The predicted octanol–water partition coefficient (Wildman–Crippen LogP) is 3.75. The molecule has 176 valence electrons. The van der Waals surface area contributed by atoms with Crippen LogP contribution in [-0.2, 0) is 22.7 Å². The number of carbonyl (C=O) groups excluding carboxylic acids is 2. The second-order valence-electron chi connectivity index (χ2n) is 8.52. The van der Waals surface area contributed by atoms with Crippen LogP contribution in [0, 0.1) is 23.5 Å². The molecule has 1 saturated heterocycles. The van der Waals surface area contributed by atoms with Crippen molar-refractivity contribution in [2.75, 3.05) is 18.4 Å². The predicted molar refractivity (Wildman–Crippen MR) is 124 cm³/mol. The van der Waals surface area contributed by atoms with E-state index in [-0.39, 0.29) is 30.0 Å². The number of piperidine rings is 1. The molecular formula is C26H26F2N4O2. The van der Waals surface area contributed by atoms with Crippen LogP contribution in [0.5, 0.6) is 0 Å². The van der Waals surface area contributed by atoms with E-state index < -0.39 is 11.8 Å². The molecule has 2 heterocycles. The minimum atomic E-state index is -0.425. The van der Waals surface area contributed by atoms with Gasteiger partial charge in [-0.25, -0.2) is 8.78 Å². The summed E-state index contributed by atoms with van der Waals surface area (Å²) in [7, 11) is 0. The van der Waals surface area contributed by atoms with Crippen LogP contribution in [0.15, 0.2) is 73.1 Å². The molecule has 1 aliphatic rings.